The number of amides is 1. The second-order valence-corrected chi connectivity index (χ2v) is 6.56. The Bertz CT molecular complexity index is 743. The van der Waals surface area contributed by atoms with Crippen LogP contribution in [-0.2, 0) is 17.8 Å². The van der Waals surface area contributed by atoms with Crippen molar-refractivity contribution in [2.24, 2.45) is 0 Å². The van der Waals surface area contributed by atoms with Crippen LogP contribution in [0.4, 0.5) is 5.82 Å². The van der Waals surface area contributed by atoms with Gasteiger partial charge in [-0.1, -0.05) is 30.3 Å². The minimum atomic E-state index is 0.103. The first-order valence-electron chi connectivity index (χ1n) is 8.41. The molecule has 0 unspecified atom stereocenters. The van der Waals surface area contributed by atoms with Crippen molar-refractivity contribution in [3.05, 3.63) is 41.6 Å². The maximum atomic E-state index is 11.8. The van der Waals surface area contributed by atoms with Gasteiger partial charge in [-0.3, -0.25) is 4.79 Å². The van der Waals surface area contributed by atoms with Crippen LogP contribution < -0.4 is 4.90 Å². The molecule has 0 N–H and O–H groups in total. The van der Waals surface area contributed by atoms with Crippen molar-refractivity contribution in [1.29, 1.82) is 0 Å². The minimum Gasteiger partial charge on any atom is -0.357 e. The molecule has 0 saturated carbocycles. The van der Waals surface area contributed by atoms with Gasteiger partial charge in [0.25, 0.3) is 0 Å². The van der Waals surface area contributed by atoms with Gasteiger partial charge in [-0.05, 0) is 13.8 Å². The topological polar surface area (TPSA) is 49.3 Å². The van der Waals surface area contributed by atoms with E-state index in [0.29, 0.717) is 12.6 Å². The van der Waals surface area contributed by atoms with Crippen molar-refractivity contribution in [1.82, 2.24) is 14.9 Å². The van der Waals surface area contributed by atoms with E-state index >= 15 is 0 Å². The maximum absolute atomic E-state index is 11.8. The van der Waals surface area contributed by atoms with Gasteiger partial charge in [0.05, 0.1) is 12.2 Å². The van der Waals surface area contributed by atoms with Gasteiger partial charge in [0.2, 0.25) is 5.91 Å². The molecule has 0 bridgehead atoms. The molecule has 2 aromatic rings. The van der Waals surface area contributed by atoms with Crippen molar-refractivity contribution < 1.29 is 4.79 Å². The third-order valence-corrected chi connectivity index (χ3v) is 4.62. The van der Waals surface area contributed by atoms with Gasteiger partial charge in [-0.2, -0.15) is 0 Å². The van der Waals surface area contributed by atoms with E-state index in [4.69, 9.17) is 9.97 Å². The third kappa shape index (κ3) is 3.11. The Kier molecular flexibility index (Phi) is 4.51. The van der Waals surface area contributed by atoms with Crippen LogP contribution >= 0.6 is 0 Å². The van der Waals surface area contributed by atoms with E-state index in [1.165, 1.54) is 0 Å². The van der Waals surface area contributed by atoms with Crippen LogP contribution in [-0.4, -0.2) is 40.4 Å². The predicted molar refractivity (Wildman–Crippen MR) is 95.8 cm³/mol. The zero-order valence-corrected chi connectivity index (χ0v) is 14.8. The van der Waals surface area contributed by atoms with Crippen LogP contribution in [0.1, 0.15) is 32.0 Å². The fourth-order valence-electron chi connectivity index (χ4n) is 2.92. The fourth-order valence-corrected chi connectivity index (χ4v) is 2.92. The number of hydrogen-bond acceptors (Lipinski definition) is 4. The smallest absolute Gasteiger partial charge is 0.219 e. The van der Waals surface area contributed by atoms with E-state index in [-0.39, 0.29) is 5.91 Å². The predicted octanol–water partition coefficient (Wildman–Crippen LogP) is 2.89. The van der Waals surface area contributed by atoms with Gasteiger partial charge in [-0.25, -0.2) is 9.97 Å². The van der Waals surface area contributed by atoms with E-state index in [1.807, 2.05) is 35.2 Å². The van der Waals surface area contributed by atoms with Crippen molar-refractivity contribution in [2.75, 3.05) is 18.5 Å². The highest BCUT2D eigenvalue weighted by Crippen LogP contribution is 2.30. The molecule has 5 heteroatoms. The van der Waals surface area contributed by atoms with Gasteiger partial charge < -0.3 is 9.80 Å². The highest BCUT2D eigenvalue weighted by molar-refractivity contribution is 5.74. The Morgan fingerprint density at radius 1 is 1.21 bits per heavy atom. The fraction of sp³-hybridized carbons (Fsp3) is 0.421. The summed E-state index contributed by atoms with van der Waals surface area (Å²) in [5.74, 6) is 1.79. The van der Waals surface area contributed by atoms with Gasteiger partial charge in [0.15, 0.2) is 5.82 Å². The van der Waals surface area contributed by atoms with Crippen LogP contribution in [0.15, 0.2) is 30.3 Å². The Hall–Kier alpha value is -2.43. The molecule has 2 heterocycles. The molecule has 3 rings (SSSR count). The number of nitrogens with zero attached hydrogens (tertiary/aromatic N) is 4. The molecule has 1 amide bonds. The third-order valence-electron chi connectivity index (χ3n) is 4.62. The molecule has 1 aromatic carbocycles. The monoisotopic (exact) mass is 324 g/mol. The number of anilines is 1. The van der Waals surface area contributed by atoms with Gasteiger partial charge in [-0.15, -0.1) is 0 Å². The molecule has 0 fully saturated rings. The summed E-state index contributed by atoms with van der Waals surface area (Å²) >= 11 is 0. The minimum absolute atomic E-state index is 0.103. The molecule has 0 radical (unpaired) electrons. The molecule has 24 heavy (non-hydrogen) atoms. The summed E-state index contributed by atoms with van der Waals surface area (Å²) in [6, 6.07) is 10.4. The SMILES string of the molecule is CC(=O)N1CCc2nc(-c3ccccc3)nc(N(C)C(C)C)c2C1. The summed E-state index contributed by atoms with van der Waals surface area (Å²) in [7, 11) is 2.05. The molecular formula is C19H24N4O. The van der Waals surface area contributed by atoms with Crippen molar-refractivity contribution in [3.8, 4) is 11.4 Å². The number of rotatable bonds is 3. The van der Waals surface area contributed by atoms with E-state index < -0.39 is 0 Å². The average molecular weight is 324 g/mol. The lowest BCUT2D eigenvalue weighted by Crippen LogP contribution is -2.37. The van der Waals surface area contributed by atoms with Crippen molar-refractivity contribution in [2.45, 2.75) is 39.8 Å². The standard InChI is InChI=1S/C19H24N4O/c1-13(2)22(4)19-16-12-23(14(3)24)11-10-17(16)20-18(21-19)15-8-6-5-7-9-15/h5-9,13H,10-12H2,1-4H3. The van der Waals surface area contributed by atoms with E-state index in [0.717, 1.165) is 41.4 Å². The summed E-state index contributed by atoms with van der Waals surface area (Å²) in [5, 5.41) is 0. The summed E-state index contributed by atoms with van der Waals surface area (Å²) in [5.41, 5.74) is 3.16. The summed E-state index contributed by atoms with van der Waals surface area (Å²) in [6.07, 6.45) is 0.774. The van der Waals surface area contributed by atoms with Gasteiger partial charge in [0.1, 0.15) is 5.82 Å². The normalized spacial score (nSPS) is 13.8. The summed E-state index contributed by atoms with van der Waals surface area (Å²) in [4.78, 5) is 25.5. The van der Waals surface area contributed by atoms with Crippen LogP contribution in [0.2, 0.25) is 0 Å². The number of hydrogen-bond donors (Lipinski definition) is 0. The maximum Gasteiger partial charge on any atom is 0.219 e. The summed E-state index contributed by atoms with van der Waals surface area (Å²) < 4.78 is 0. The zero-order valence-electron chi connectivity index (χ0n) is 14.8. The second kappa shape index (κ2) is 6.59. The van der Waals surface area contributed by atoms with Crippen molar-refractivity contribution >= 4 is 11.7 Å². The molecule has 1 aromatic heterocycles. The molecule has 126 valence electrons. The Labute approximate surface area is 143 Å². The highest BCUT2D eigenvalue weighted by Gasteiger charge is 2.26. The number of carbonyl (C=O) groups excluding carboxylic acids is 1. The molecule has 5 nitrogen and oxygen atoms in total. The largest absolute Gasteiger partial charge is 0.357 e. The molecule has 0 atom stereocenters. The highest BCUT2D eigenvalue weighted by atomic mass is 16.2. The molecule has 1 aliphatic rings. The number of benzene rings is 1. The molecule has 0 aliphatic carbocycles. The van der Waals surface area contributed by atoms with Crippen LogP contribution in [0.5, 0.6) is 0 Å². The number of fused-ring (bicyclic) bond motifs is 1. The van der Waals surface area contributed by atoms with Gasteiger partial charge >= 0.3 is 0 Å². The molecule has 1 aliphatic heterocycles. The quantitative estimate of drug-likeness (QED) is 0.871. The Balaban J connectivity index is 2.11. The summed E-state index contributed by atoms with van der Waals surface area (Å²) in [6.45, 7) is 7.21. The number of aromatic nitrogens is 2. The lowest BCUT2D eigenvalue weighted by Gasteiger charge is -2.32. The first-order chi connectivity index (χ1) is 11.5. The van der Waals surface area contributed by atoms with E-state index in [1.54, 1.807) is 6.92 Å². The first kappa shape index (κ1) is 16.4. The lowest BCUT2D eigenvalue weighted by molar-refractivity contribution is -0.129. The van der Waals surface area contributed by atoms with Crippen LogP contribution in [0.3, 0.4) is 0 Å². The van der Waals surface area contributed by atoms with Crippen LogP contribution in [0, 0.1) is 0 Å². The van der Waals surface area contributed by atoms with E-state index in [9.17, 15) is 4.79 Å². The average Bonchev–Trinajstić information content (AvgIpc) is 2.60. The van der Waals surface area contributed by atoms with Gasteiger partial charge in [0, 0.05) is 44.1 Å². The Morgan fingerprint density at radius 3 is 2.54 bits per heavy atom. The Morgan fingerprint density at radius 2 is 1.92 bits per heavy atom. The van der Waals surface area contributed by atoms with E-state index in [2.05, 4.69) is 25.8 Å². The molecule has 0 spiro atoms. The van der Waals surface area contributed by atoms with Crippen LogP contribution in [0.25, 0.3) is 11.4 Å². The zero-order chi connectivity index (χ0) is 17.3. The molecular weight excluding hydrogens is 300 g/mol. The number of carbonyl (C=O) groups is 1. The first-order valence-corrected chi connectivity index (χ1v) is 8.41. The second-order valence-electron chi connectivity index (χ2n) is 6.56. The molecule has 0 saturated heterocycles. The van der Waals surface area contributed by atoms with Crippen molar-refractivity contribution in [3.63, 3.8) is 0 Å². The lowest BCUT2D eigenvalue weighted by atomic mass is 10.0.